The summed E-state index contributed by atoms with van der Waals surface area (Å²) in [6.45, 7) is 4.65. The first-order valence-electron chi connectivity index (χ1n) is 9.73. The van der Waals surface area contributed by atoms with E-state index >= 15 is 0 Å². The molecule has 0 saturated carbocycles. The van der Waals surface area contributed by atoms with Crippen molar-refractivity contribution in [3.05, 3.63) is 34.3 Å². The van der Waals surface area contributed by atoms with E-state index in [-0.39, 0.29) is 21.6 Å². The molecule has 0 amide bonds. The molecule has 0 bridgehead atoms. The Labute approximate surface area is 200 Å². The Morgan fingerprint density at radius 1 is 0.844 bits per heavy atom. The van der Waals surface area contributed by atoms with E-state index in [0.717, 1.165) is 10.0 Å². The average molecular weight is 580 g/mol. The monoisotopic (exact) mass is 580 g/mol. The minimum absolute atomic E-state index is 0.220. The van der Waals surface area contributed by atoms with Crippen molar-refractivity contribution < 1.29 is 42.9 Å². The zero-order valence-electron chi connectivity index (χ0n) is 18.1. The number of carbonyl (C=O) groups excluding carboxylic acids is 4. The van der Waals surface area contributed by atoms with Gasteiger partial charge in [0.15, 0.2) is 0 Å². The van der Waals surface area contributed by atoms with E-state index in [9.17, 15) is 19.2 Å². The van der Waals surface area contributed by atoms with Crippen LogP contribution in [0.5, 0.6) is 0 Å². The second-order valence-electron chi connectivity index (χ2n) is 7.01. The van der Waals surface area contributed by atoms with E-state index in [1.165, 1.54) is 27.7 Å². The molecule has 176 valence electrons. The Kier molecular flexibility index (Phi) is 10.1. The van der Waals surface area contributed by atoms with Crippen molar-refractivity contribution in [3.8, 4) is 0 Å². The van der Waals surface area contributed by atoms with Gasteiger partial charge in [0.25, 0.3) is 0 Å². The molecule has 1 aliphatic heterocycles. The van der Waals surface area contributed by atoms with Gasteiger partial charge in [-0.2, -0.15) is 0 Å². The van der Waals surface area contributed by atoms with Gasteiger partial charge in [0.05, 0.1) is 0 Å². The summed E-state index contributed by atoms with van der Waals surface area (Å²) >= 11 is 3.12. The number of hydrogen-bond donors (Lipinski definition) is 0. The van der Waals surface area contributed by atoms with Crippen LogP contribution in [0, 0.1) is 0 Å². The molecule has 0 aromatic heterocycles. The molecule has 9 nitrogen and oxygen atoms in total. The van der Waals surface area contributed by atoms with Crippen LogP contribution in [0.3, 0.4) is 0 Å². The summed E-state index contributed by atoms with van der Waals surface area (Å²) < 4.78 is 28.4. The predicted octanol–water partition coefficient (Wildman–Crippen LogP) is 1.74. The van der Waals surface area contributed by atoms with Crippen LogP contribution in [0.4, 0.5) is 0 Å². The van der Waals surface area contributed by atoms with E-state index in [1.54, 1.807) is 0 Å². The van der Waals surface area contributed by atoms with Gasteiger partial charge in [-0.1, -0.05) is 0 Å². The van der Waals surface area contributed by atoms with Crippen LogP contribution in [0.25, 0.3) is 0 Å². The molecule has 1 aliphatic rings. The molecule has 0 spiro atoms. The third kappa shape index (κ3) is 8.20. The van der Waals surface area contributed by atoms with Crippen molar-refractivity contribution in [2.24, 2.45) is 0 Å². The van der Waals surface area contributed by atoms with Crippen LogP contribution in [-0.4, -0.2) is 74.9 Å². The number of rotatable bonds is 8. The number of benzene rings is 1. The molecule has 1 fully saturated rings. The maximum atomic E-state index is 11.8. The standard InChI is InChI=1S/C21H25BrO9Se/c1-11(23)27-9-17-18(28-12(2)24)19(29-13(3)25)20(30-14(4)26)21(31-17)32-10-15-5-7-16(22)8-6-15/h5-8,17-21H,9-10H2,1-4H3/t17-,18-,19+,20-,21+/m1/s1. The predicted molar refractivity (Wildman–Crippen MR) is 116 cm³/mol. The van der Waals surface area contributed by atoms with E-state index in [2.05, 4.69) is 15.9 Å². The van der Waals surface area contributed by atoms with Crippen molar-refractivity contribution in [1.29, 1.82) is 0 Å². The van der Waals surface area contributed by atoms with Gasteiger partial charge >= 0.3 is 201 Å². The quantitative estimate of drug-likeness (QED) is 0.258. The Morgan fingerprint density at radius 2 is 1.38 bits per heavy atom. The van der Waals surface area contributed by atoms with Gasteiger partial charge in [-0.05, 0) is 0 Å². The first kappa shape index (κ1) is 26.3. The molecular weight excluding hydrogens is 555 g/mol. The minimum atomic E-state index is -1.13. The third-order valence-corrected chi connectivity index (χ3v) is 7.34. The number of esters is 4. The van der Waals surface area contributed by atoms with Gasteiger partial charge in [-0.25, -0.2) is 0 Å². The van der Waals surface area contributed by atoms with E-state index in [0.29, 0.717) is 5.32 Å². The number of halogens is 1. The van der Waals surface area contributed by atoms with Gasteiger partial charge in [0.1, 0.15) is 0 Å². The second kappa shape index (κ2) is 12.3. The summed E-state index contributed by atoms with van der Waals surface area (Å²) in [6, 6.07) is 7.74. The van der Waals surface area contributed by atoms with Crippen LogP contribution in [0.2, 0.25) is 0 Å². The fourth-order valence-electron chi connectivity index (χ4n) is 3.08. The molecule has 11 heteroatoms. The zero-order valence-corrected chi connectivity index (χ0v) is 21.4. The molecule has 0 unspecified atom stereocenters. The van der Waals surface area contributed by atoms with E-state index < -0.39 is 53.3 Å². The van der Waals surface area contributed by atoms with Crippen molar-refractivity contribution in [2.45, 2.75) is 62.4 Å². The summed E-state index contributed by atoms with van der Waals surface area (Å²) in [5, 5.41) is -0.0136. The summed E-state index contributed by atoms with van der Waals surface area (Å²) in [5.41, 5.74) is 1.04. The number of ether oxygens (including phenoxy) is 5. The van der Waals surface area contributed by atoms with Gasteiger partial charge in [0.2, 0.25) is 0 Å². The Balaban J connectivity index is 2.35. The van der Waals surface area contributed by atoms with Gasteiger partial charge in [-0.15, -0.1) is 0 Å². The molecule has 0 N–H and O–H groups in total. The summed E-state index contributed by atoms with van der Waals surface area (Å²) in [5.74, 6) is -2.43. The topological polar surface area (TPSA) is 114 Å². The second-order valence-corrected chi connectivity index (χ2v) is 10.2. The van der Waals surface area contributed by atoms with Crippen molar-refractivity contribution >= 4 is 54.8 Å². The molecular formula is C21H25BrO9Se. The fraction of sp³-hybridized carbons (Fsp3) is 0.524. The molecule has 0 aliphatic carbocycles. The van der Waals surface area contributed by atoms with Crippen LogP contribution < -0.4 is 0 Å². The number of carbonyl (C=O) groups is 4. The first-order valence-corrected chi connectivity index (χ1v) is 12.7. The van der Waals surface area contributed by atoms with Crippen LogP contribution in [0.15, 0.2) is 28.7 Å². The van der Waals surface area contributed by atoms with Crippen LogP contribution >= 0.6 is 15.9 Å². The zero-order chi connectivity index (χ0) is 23.8. The van der Waals surface area contributed by atoms with Gasteiger partial charge in [-0.3, -0.25) is 0 Å². The molecule has 1 aromatic carbocycles. The molecule has 0 radical (unpaired) electrons. The Morgan fingerprint density at radius 3 is 1.91 bits per heavy atom. The molecule has 1 saturated heterocycles. The van der Waals surface area contributed by atoms with Gasteiger partial charge < -0.3 is 0 Å². The Bertz CT molecular complexity index is 829. The summed E-state index contributed by atoms with van der Waals surface area (Å²) in [6.07, 6.45) is -4.15. The number of hydrogen-bond acceptors (Lipinski definition) is 9. The third-order valence-electron chi connectivity index (χ3n) is 4.28. The van der Waals surface area contributed by atoms with Gasteiger partial charge in [0, 0.05) is 0 Å². The SMILES string of the molecule is CC(=O)OC[C@H]1O[C@@H]([Se]Cc2ccc(Br)cc2)[C@H](OC(C)=O)[C@@H](OC(C)=O)[C@@H]1OC(C)=O. The molecule has 2 rings (SSSR count). The van der Waals surface area contributed by atoms with Crippen LogP contribution in [-0.2, 0) is 48.2 Å². The van der Waals surface area contributed by atoms with E-state index in [1.807, 2.05) is 24.3 Å². The molecule has 5 atom stereocenters. The maximum absolute atomic E-state index is 11.8. The summed E-state index contributed by atoms with van der Waals surface area (Å²) in [4.78, 5) is 46.8. The molecule has 1 heterocycles. The van der Waals surface area contributed by atoms with Crippen molar-refractivity contribution in [1.82, 2.24) is 0 Å². The van der Waals surface area contributed by atoms with Crippen molar-refractivity contribution in [3.63, 3.8) is 0 Å². The van der Waals surface area contributed by atoms with E-state index in [4.69, 9.17) is 23.7 Å². The van der Waals surface area contributed by atoms with Crippen LogP contribution in [0.1, 0.15) is 33.3 Å². The van der Waals surface area contributed by atoms with Crippen molar-refractivity contribution in [2.75, 3.05) is 6.61 Å². The molecule has 32 heavy (non-hydrogen) atoms. The average Bonchev–Trinajstić information content (AvgIpc) is 2.69. The normalized spacial score (nSPS) is 24.8. The fourth-order valence-corrected chi connectivity index (χ4v) is 5.80. The molecule has 1 aromatic rings. The Hall–Kier alpha value is -1.94. The first-order chi connectivity index (χ1) is 15.1. The summed E-state index contributed by atoms with van der Waals surface area (Å²) in [7, 11) is 0.